The van der Waals surface area contributed by atoms with E-state index in [1.54, 1.807) is 6.92 Å². The number of thioether (sulfide) groups is 1. The highest BCUT2D eigenvalue weighted by atomic mass is 32.2. The van der Waals surface area contributed by atoms with Gasteiger partial charge in [0.05, 0.1) is 35.5 Å². The van der Waals surface area contributed by atoms with E-state index in [1.165, 1.54) is 16.7 Å². The molecule has 3 rings (SSSR count). The van der Waals surface area contributed by atoms with Gasteiger partial charge in [-0.2, -0.15) is 0 Å². The number of pyridine rings is 1. The van der Waals surface area contributed by atoms with Crippen LogP contribution in [0.4, 0.5) is 0 Å². The Morgan fingerprint density at radius 3 is 2.91 bits per heavy atom. The summed E-state index contributed by atoms with van der Waals surface area (Å²) in [6, 6.07) is 5.56. The predicted molar refractivity (Wildman–Crippen MR) is 81.4 cm³/mol. The van der Waals surface area contributed by atoms with Crippen molar-refractivity contribution in [2.45, 2.75) is 31.2 Å². The lowest BCUT2D eigenvalue weighted by atomic mass is 9.83. The molecule has 23 heavy (non-hydrogen) atoms. The molecule has 3 heterocycles. The summed E-state index contributed by atoms with van der Waals surface area (Å²) in [7, 11) is 1.93. The van der Waals surface area contributed by atoms with E-state index in [0.29, 0.717) is 17.1 Å². The van der Waals surface area contributed by atoms with Crippen molar-refractivity contribution in [3.8, 4) is 0 Å². The zero-order valence-electron chi connectivity index (χ0n) is 12.9. The van der Waals surface area contributed by atoms with Crippen molar-refractivity contribution in [1.82, 2.24) is 4.90 Å². The van der Waals surface area contributed by atoms with E-state index in [-0.39, 0.29) is 17.6 Å². The summed E-state index contributed by atoms with van der Waals surface area (Å²) in [4.78, 5) is 25.5. The van der Waals surface area contributed by atoms with Gasteiger partial charge in [-0.15, -0.1) is 11.8 Å². The van der Waals surface area contributed by atoms with Gasteiger partial charge in [-0.1, -0.05) is 6.07 Å². The van der Waals surface area contributed by atoms with Gasteiger partial charge in [0.15, 0.2) is 11.9 Å². The van der Waals surface area contributed by atoms with Crippen molar-refractivity contribution < 1.29 is 24.4 Å². The number of hydrogen-bond acceptors (Lipinski definition) is 5. The second-order valence-electron chi connectivity index (χ2n) is 5.90. The van der Waals surface area contributed by atoms with E-state index in [4.69, 9.17) is 0 Å². The number of rotatable bonds is 5. The molecule has 1 saturated heterocycles. The second-order valence-corrected chi connectivity index (χ2v) is 6.97. The summed E-state index contributed by atoms with van der Waals surface area (Å²) >= 11 is 1.41. The van der Waals surface area contributed by atoms with E-state index in [0.717, 1.165) is 5.69 Å². The number of carbonyl (C=O) groups excluding carboxylic acids is 2. The summed E-state index contributed by atoms with van der Waals surface area (Å²) in [5, 5.41) is 21.2. The van der Waals surface area contributed by atoms with Crippen LogP contribution in [0.5, 0.6) is 0 Å². The van der Waals surface area contributed by atoms with Gasteiger partial charge in [-0.05, 0) is 6.92 Å². The summed E-state index contributed by atoms with van der Waals surface area (Å²) in [6.07, 6.45) is 1.62. The van der Waals surface area contributed by atoms with E-state index < -0.39 is 18.0 Å². The number of aliphatic hydroxyl groups excluding tert-OH is 1. The minimum atomic E-state index is -1.33. The minimum absolute atomic E-state index is 0.0273. The van der Waals surface area contributed by atoms with Crippen LogP contribution in [0.1, 0.15) is 19.0 Å². The molecule has 1 fully saturated rings. The zero-order valence-corrected chi connectivity index (χ0v) is 13.7. The fourth-order valence-electron chi connectivity index (χ4n) is 3.22. The number of fused-ring (bicyclic) bond motifs is 1. The number of aliphatic carboxylic acids is 1. The molecule has 7 heteroatoms. The molecule has 122 valence electrons. The molecule has 1 aromatic heterocycles. The smallest absolute Gasteiger partial charge is 0.235 e. The Kier molecular flexibility index (Phi) is 4.16. The third-order valence-electron chi connectivity index (χ3n) is 4.44. The molecule has 1 amide bonds. The number of hydrogen-bond donors (Lipinski definition) is 1. The Bertz CT molecular complexity index is 701. The second kappa shape index (κ2) is 5.98. The first kappa shape index (κ1) is 16.0. The molecule has 2 aliphatic heterocycles. The van der Waals surface area contributed by atoms with Crippen molar-refractivity contribution in [2.24, 2.45) is 13.0 Å². The molecule has 0 aliphatic carbocycles. The van der Waals surface area contributed by atoms with Crippen LogP contribution in [0.15, 0.2) is 35.0 Å². The van der Waals surface area contributed by atoms with Crippen molar-refractivity contribution in [2.75, 3.05) is 0 Å². The molecule has 0 radical (unpaired) electrons. The average Bonchev–Trinajstić information content (AvgIpc) is 2.80. The molecule has 0 aromatic carbocycles. The molecule has 0 spiro atoms. The number of β-lactam (4-membered cyclic amide) rings is 1. The molecule has 1 N–H and O–H groups in total. The largest absolute Gasteiger partial charge is 0.543 e. The number of aliphatic hydroxyl groups is 1. The van der Waals surface area contributed by atoms with Gasteiger partial charge in [-0.3, -0.25) is 4.79 Å². The van der Waals surface area contributed by atoms with Crippen molar-refractivity contribution in [1.29, 1.82) is 0 Å². The number of amides is 1. The van der Waals surface area contributed by atoms with Gasteiger partial charge in [0, 0.05) is 23.5 Å². The molecular formula is C16H18N2O4S. The molecule has 6 nitrogen and oxygen atoms in total. The third kappa shape index (κ3) is 2.64. The summed E-state index contributed by atoms with van der Waals surface area (Å²) in [5.41, 5.74) is 1.02. The quantitative estimate of drug-likeness (QED) is 0.570. The van der Waals surface area contributed by atoms with Crippen LogP contribution < -0.4 is 9.67 Å². The monoisotopic (exact) mass is 334 g/mol. The summed E-state index contributed by atoms with van der Waals surface area (Å²) < 4.78 is 1.97. The minimum Gasteiger partial charge on any atom is -0.543 e. The number of aryl methyl sites for hydroxylation is 1. The first-order valence-electron chi connectivity index (χ1n) is 7.43. The van der Waals surface area contributed by atoms with E-state index in [9.17, 15) is 19.8 Å². The predicted octanol–water partition coefficient (Wildman–Crippen LogP) is -0.683. The van der Waals surface area contributed by atoms with Gasteiger partial charge in [0.1, 0.15) is 7.05 Å². The fraction of sp³-hybridized carbons (Fsp3) is 0.438. The summed E-state index contributed by atoms with van der Waals surface area (Å²) in [5.74, 6) is -1.57. The van der Waals surface area contributed by atoms with Crippen LogP contribution in [0.3, 0.4) is 0 Å². The van der Waals surface area contributed by atoms with Crippen LogP contribution in [-0.4, -0.2) is 34.0 Å². The molecule has 3 atom stereocenters. The Labute approximate surface area is 138 Å². The SMILES string of the molecule is C[C@@H](O)C1C(=O)N2C(C(=O)[O-])=C(SCc3cccc[n+]3C)C[C@H]12. The molecule has 1 aromatic rings. The molecule has 0 bridgehead atoms. The Hall–Kier alpha value is -1.86. The van der Waals surface area contributed by atoms with E-state index in [2.05, 4.69) is 0 Å². The summed E-state index contributed by atoms with van der Waals surface area (Å²) in [6.45, 7) is 1.56. The average molecular weight is 334 g/mol. The third-order valence-corrected chi connectivity index (χ3v) is 5.59. The maximum absolute atomic E-state index is 12.1. The number of aromatic nitrogens is 1. The normalized spacial score (nSPS) is 24.5. The first-order valence-corrected chi connectivity index (χ1v) is 8.42. The Balaban J connectivity index is 1.80. The van der Waals surface area contributed by atoms with Gasteiger partial charge < -0.3 is 19.9 Å². The van der Waals surface area contributed by atoms with Crippen LogP contribution in [0.2, 0.25) is 0 Å². The van der Waals surface area contributed by atoms with Crippen molar-refractivity contribution in [3.05, 3.63) is 40.7 Å². The lowest BCUT2D eigenvalue weighted by molar-refractivity contribution is -0.678. The maximum atomic E-state index is 12.1. The van der Waals surface area contributed by atoms with Crippen molar-refractivity contribution >= 4 is 23.6 Å². The topological polar surface area (TPSA) is 84.5 Å². The number of carbonyl (C=O) groups is 2. The number of carboxylic acids is 1. The van der Waals surface area contributed by atoms with Crippen molar-refractivity contribution in [3.63, 3.8) is 0 Å². The lowest BCUT2D eigenvalue weighted by Crippen LogP contribution is -2.62. The van der Waals surface area contributed by atoms with Crippen LogP contribution in [-0.2, 0) is 22.4 Å². The first-order chi connectivity index (χ1) is 10.9. The van der Waals surface area contributed by atoms with Gasteiger partial charge in [0.2, 0.25) is 5.91 Å². The Morgan fingerprint density at radius 2 is 2.30 bits per heavy atom. The van der Waals surface area contributed by atoms with Crippen LogP contribution >= 0.6 is 11.8 Å². The molecule has 1 unspecified atom stereocenters. The Morgan fingerprint density at radius 1 is 1.57 bits per heavy atom. The maximum Gasteiger partial charge on any atom is 0.235 e. The highest BCUT2D eigenvalue weighted by Gasteiger charge is 2.55. The van der Waals surface area contributed by atoms with Gasteiger partial charge in [-0.25, -0.2) is 4.57 Å². The standard InChI is InChI=1S/C16H18N2O4S/c1-9(19)13-11-7-12(14(16(21)22)18(11)15(13)20)23-8-10-5-3-4-6-17(10)2/h3-6,9,11,13,19H,7-8H2,1-2H3/t9-,11-,13?/m1/s1. The van der Waals surface area contributed by atoms with Crippen LogP contribution in [0, 0.1) is 5.92 Å². The molecule has 0 saturated carbocycles. The van der Waals surface area contributed by atoms with Crippen LogP contribution in [0.25, 0.3) is 0 Å². The number of nitrogens with zero attached hydrogens (tertiary/aromatic N) is 2. The van der Waals surface area contributed by atoms with Gasteiger partial charge in [0.25, 0.3) is 0 Å². The molecule has 2 aliphatic rings. The highest BCUT2D eigenvalue weighted by molar-refractivity contribution is 8.02. The lowest BCUT2D eigenvalue weighted by Gasteiger charge is -2.45. The van der Waals surface area contributed by atoms with Gasteiger partial charge >= 0.3 is 0 Å². The van der Waals surface area contributed by atoms with E-state index >= 15 is 0 Å². The zero-order chi connectivity index (χ0) is 16.7. The molecular weight excluding hydrogens is 316 g/mol. The number of carboxylic acid groups (broad SMARTS) is 1. The van der Waals surface area contributed by atoms with E-state index in [1.807, 2.05) is 36.0 Å². The fourth-order valence-corrected chi connectivity index (χ4v) is 4.45. The highest BCUT2D eigenvalue weighted by Crippen LogP contribution is 2.47.